The van der Waals surface area contributed by atoms with Gasteiger partial charge >= 0.3 is 6.61 Å². The molecule has 2 aromatic carbocycles. The van der Waals surface area contributed by atoms with E-state index in [4.69, 9.17) is 0 Å². The van der Waals surface area contributed by atoms with Gasteiger partial charge in [0.05, 0.1) is 0 Å². The van der Waals surface area contributed by atoms with E-state index in [0.29, 0.717) is 19.0 Å². The Kier molecular flexibility index (Phi) is 9.18. The third-order valence-corrected chi connectivity index (χ3v) is 3.39. The first-order valence-corrected chi connectivity index (χ1v) is 7.60. The van der Waals surface area contributed by atoms with Crippen molar-refractivity contribution in [2.45, 2.75) is 26.6 Å². The molecule has 7 heteroatoms. The van der Waals surface area contributed by atoms with Crippen LogP contribution in [0.5, 0.6) is 5.75 Å². The third-order valence-electron chi connectivity index (χ3n) is 3.39. The Morgan fingerprint density at radius 1 is 1.04 bits per heavy atom. The van der Waals surface area contributed by atoms with E-state index in [0.717, 1.165) is 11.1 Å². The lowest BCUT2D eigenvalue weighted by molar-refractivity contribution is -0.0498. The van der Waals surface area contributed by atoms with Crippen LogP contribution < -0.4 is 15.4 Å². The van der Waals surface area contributed by atoms with E-state index in [1.807, 2.05) is 13.0 Å². The number of alkyl halides is 2. The van der Waals surface area contributed by atoms with Crippen molar-refractivity contribution in [1.29, 1.82) is 0 Å². The van der Waals surface area contributed by atoms with Crippen LogP contribution in [0.25, 0.3) is 0 Å². The summed E-state index contributed by atoms with van der Waals surface area (Å²) in [5.41, 5.74) is 3.19. The highest BCUT2D eigenvalue weighted by Gasteiger charge is 2.05. The summed E-state index contributed by atoms with van der Waals surface area (Å²) in [5.74, 6) is 0.780. The van der Waals surface area contributed by atoms with E-state index in [1.54, 1.807) is 19.2 Å². The summed E-state index contributed by atoms with van der Waals surface area (Å²) in [6.45, 7) is 0.323. The minimum absolute atomic E-state index is 0. The Morgan fingerprint density at radius 3 is 2.28 bits per heavy atom. The molecule has 0 heterocycles. The SMILES string of the molecule is CN=C(NCc1ccc(C)cc1)NCc1cccc(OC(F)F)c1.I. The summed E-state index contributed by atoms with van der Waals surface area (Å²) in [6.07, 6.45) is 0. The van der Waals surface area contributed by atoms with Crippen LogP contribution in [-0.4, -0.2) is 19.6 Å². The number of aliphatic imine (C=N–C) groups is 1. The molecule has 0 amide bonds. The fourth-order valence-electron chi connectivity index (χ4n) is 2.13. The zero-order valence-electron chi connectivity index (χ0n) is 14.1. The van der Waals surface area contributed by atoms with Gasteiger partial charge in [-0.1, -0.05) is 42.0 Å². The Bertz CT molecular complexity index is 678. The van der Waals surface area contributed by atoms with Gasteiger partial charge in [-0.05, 0) is 30.2 Å². The largest absolute Gasteiger partial charge is 0.435 e. The van der Waals surface area contributed by atoms with Crippen molar-refractivity contribution in [3.8, 4) is 5.75 Å². The number of benzene rings is 2. The zero-order valence-corrected chi connectivity index (χ0v) is 16.5. The van der Waals surface area contributed by atoms with Crippen molar-refractivity contribution >= 4 is 29.9 Å². The first-order chi connectivity index (χ1) is 11.6. The quantitative estimate of drug-likeness (QED) is 0.387. The van der Waals surface area contributed by atoms with Crippen LogP contribution in [0.1, 0.15) is 16.7 Å². The topological polar surface area (TPSA) is 45.7 Å². The van der Waals surface area contributed by atoms with Crippen molar-refractivity contribution in [2.75, 3.05) is 7.05 Å². The molecule has 136 valence electrons. The highest BCUT2D eigenvalue weighted by Crippen LogP contribution is 2.15. The molecular formula is C18H22F2IN3O. The maximum absolute atomic E-state index is 12.2. The number of aryl methyl sites for hydroxylation is 1. The van der Waals surface area contributed by atoms with Gasteiger partial charge < -0.3 is 15.4 Å². The Balaban J connectivity index is 0.00000312. The van der Waals surface area contributed by atoms with Gasteiger partial charge in [0.15, 0.2) is 5.96 Å². The highest BCUT2D eigenvalue weighted by atomic mass is 127. The molecule has 0 aliphatic carbocycles. The van der Waals surface area contributed by atoms with Gasteiger partial charge in [0, 0.05) is 20.1 Å². The van der Waals surface area contributed by atoms with Gasteiger partial charge in [-0.2, -0.15) is 8.78 Å². The smallest absolute Gasteiger partial charge is 0.387 e. The summed E-state index contributed by atoms with van der Waals surface area (Å²) >= 11 is 0. The van der Waals surface area contributed by atoms with E-state index in [1.165, 1.54) is 11.6 Å². The molecule has 0 saturated carbocycles. The highest BCUT2D eigenvalue weighted by molar-refractivity contribution is 14.0. The van der Waals surface area contributed by atoms with Crippen LogP contribution in [-0.2, 0) is 13.1 Å². The van der Waals surface area contributed by atoms with Crippen LogP contribution >= 0.6 is 24.0 Å². The average Bonchev–Trinajstić information content (AvgIpc) is 2.56. The third kappa shape index (κ3) is 7.68. The zero-order chi connectivity index (χ0) is 17.4. The van der Waals surface area contributed by atoms with Crippen LogP contribution in [0, 0.1) is 6.92 Å². The van der Waals surface area contributed by atoms with Crippen molar-refractivity contribution in [2.24, 2.45) is 4.99 Å². The molecule has 0 unspecified atom stereocenters. The van der Waals surface area contributed by atoms with Gasteiger partial charge in [0.2, 0.25) is 0 Å². The van der Waals surface area contributed by atoms with E-state index in [9.17, 15) is 8.78 Å². The number of rotatable bonds is 6. The van der Waals surface area contributed by atoms with Gasteiger partial charge in [-0.3, -0.25) is 4.99 Å². The van der Waals surface area contributed by atoms with Crippen molar-refractivity contribution < 1.29 is 13.5 Å². The predicted octanol–water partition coefficient (Wildman–Crippen LogP) is 4.08. The number of halogens is 3. The average molecular weight is 461 g/mol. The Labute approximate surface area is 163 Å². The van der Waals surface area contributed by atoms with Crippen molar-refractivity contribution in [1.82, 2.24) is 10.6 Å². The van der Waals surface area contributed by atoms with E-state index >= 15 is 0 Å². The minimum Gasteiger partial charge on any atom is -0.435 e. The first kappa shape index (κ1) is 21.1. The molecule has 2 N–H and O–H groups in total. The maximum atomic E-state index is 12.2. The summed E-state index contributed by atoms with van der Waals surface area (Å²) in [7, 11) is 1.68. The summed E-state index contributed by atoms with van der Waals surface area (Å²) in [4.78, 5) is 4.15. The van der Waals surface area contributed by atoms with E-state index in [2.05, 4.69) is 44.6 Å². The molecule has 25 heavy (non-hydrogen) atoms. The molecule has 0 aliphatic rings. The van der Waals surface area contributed by atoms with Crippen LogP contribution in [0.15, 0.2) is 53.5 Å². The second-order valence-corrected chi connectivity index (χ2v) is 5.29. The number of hydrogen-bond acceptors (Lipinski definition) is 2. The number of hydrogen-bond donors (Lipinski definition) is 2. The standard InChI is InChI=1S/C18H21F2N3O.HI/c1-13-6-8-14(9-7-13)11-22-18(21-2)23-12-15-4-3-5-16(10-15)24-17(19)20;/h3-10,17H,11-12H2,1-2H3,(H2,21,22,23);1H. The number of guanidine groups is 1. The Morgan fingerprint density at radius 2 is 1.68 bits per heavy atom. The molecule has 0 spiro atoms. The van der Waals surface area contributed by atoms with E-state index < -0.39 is 6.61 Å². The molecule has 2 aromatic rings. The fourth-order valence-corrected chi connectivity index (χ4v) is 2.13. The van der Waals surface area contributed by atoms with Gasteiger partial charge in [-0.25, -0.2) is 0 Å². The molecule has 4 nitrogen and oxygen atoms in total. The number of nitrogens with one attached hydrogen (secondary N) is 2. The van der Waals surface area contributed by atoms with E-state index in [-0.39, 0.29) is 29.7 Å². The first-order valence-electron chi connectivity index (χ1n) is 7.60. The van der Waals surface area contributed by atoms with Crippen LogP contribution in [0.4, 0.5) is 8.78 Å². The second-order valence-electron chi connectivity index (χ2n) is 5.29. The number of ether oxygens (including phenoxy) is 1. The lowest BCUT2D eigenvalue weighted by atomic mass is 10.1. The molecule has 0 aromatic heterocycles. The molecule has 0 fully saturated rings. The minimum atomic E-state index is -2.82. The summed E-state index contributed by atoms with van der Waals surface area (Å²) in [5, 5.41) is 6.35. The Hall–Kier alpha value is -1.90. The monoisotopic (exact) mass is 461 g/mol. The molecule has 0 atom stereocenters. The molecule has 0 aliphatic heterocycles. The normalized spacial score (nSPS) is 11.0. The molecule has 0 saturated heterocycles. The lowest BCUT2D eigenvalue weighted by Gasteiger charge is -2.13. The summed E-state index contributed by atoms with van der Waals surface area (Å²) < 4.78 is 28.9. The molecular weight excluding hydrogens is 439 g/mol. The lowest BCUT2D eigenvalue weighted by Crippen LogP contribution is -2.36. The van der Waals surface area contributed by atoms with Crippen LogP contribution in [0.3, 0.4) is 0 Å². The van der Waals surface area contributed by atoms with Gasteiger partial charge in [0.25, 0.3) is 0 Å². The van der Waals surface area contributed by atoms with Crippen molar-refractivity contribution in [3.05, 3.63) is 65.2 Å². The number of nitrogens with zero attached hydrogens (tertiary/aromatic N) is 1. The van der Waals surface area contributed by atoms with Crippen LogP contribution in [0.2, 0.25) is 0 Å². The fraction of sp³-hybridized carbons (Fsp3) is 0.278. The second kappa shape index (κ2) is 10.9. The molecule has 0 bridgehead atoms. The maximum Gasteiger partial charge on any atom is 0.387 e. The van der Waals surface area contributed by atoms with Gasteiger partial charge in [0.1, 0.15) is 5.75 Å². The van der Waals surface area contributed by atoms with Crippen molar-refractivity contribution in [3.63, 3.8) is 0 Å². The molecule has 2 rings (SSSR count). The molecule has 0 radical (unpaired) electrons. The van der Waals surface area contributed by atoms with Gasteiger partial charge in [-0.15, -0.1) is 24.0 Å². The summed E-state index contributed by atoms with van der Waals surface area (Å²) in [6, 6.07) is 14.8. The predicted molar refractivity (Wildman–Crippen MR) is 107 cm³/mol.